The van der Waals surface area contributed by atoms with Gasteiger partial charge in [0, 0.05) is 6.92 Å². The number of hydrogen-bond donors (Lipinski definition) is 2. The highest BCUT2D eigenvalue weighted by molar-refractivity contribution is 5.85. The number of primary amides is 1. The Morgan fingerprint density at radius 2 is 1.86 bits per heavy atom. The maximum Gasteiger partial charge on any atom is 0.240 e. The molecule has 0 aromatic carbocycles. The summed E-state index contributed by atoms with van der Waals surface area (Å²) >= 11 is 0. The summed E-state index contributed by atoms with van der Waals surface area (Å²) in [5, 5.41) is 2.64. The van der Waals surface area contributed by atoms with Crippen LogP contribution >= 0.6 is 0 Å². The summed E-state index contributed by atoms with van der Waals surface area (Å²) < 4.78 is 0. The third-order valence-electron chi connectivity index (χ3n) is 2.79. The molecule has 80 valence electrons. The first kappa shape index (κ1) is 11.0. The van der Waals surface area contributed by atoms with E-state index in [0.29, 0.717) is 0 Å². The van der Waals surface area contributed by atoms with Crippen LogP contribution in [0.5, 0.6) is 0 Å². The van der Waals surface area contributed by atoms with Crippen molar-refractivity contribution in [3.8, 4) is 0 Å². The van der Waals surface area contributed by atoms with Gasteiger partial charge in [-0.2, -0.15) is 0 Å². The van der Waals surface area contributed by atoms with Gasteiger partial charge in [0.1, 0.15) is 6.04 Å². The van der Waals surface area contributed by atoms with E-state index < -0.39 is 11.9 Å². The zero-order valence-electron chi connectivity index (χ0n) is 8.58. The fourth-order valence-corrected chi connectivity index (χ4v) is 2.11. The minimum atomic E-state index is -0.465. The smallest absolute Gasteiger partial charge is 0.240 e. The van der Waals surface area contributed by atoms with Gasteiger partial charge in [-0.1, -0.05) is 19.3 Å². The Hall–Kier alpha value is -1.06. The molecule has 1 aliphatic carbocycles. The first-order valence-electron chi connectivity index (χ1n) is 5.17. The van der Waals surface area contributed by atoms with Gasteiger partial charge in [0.15, 0.2) is 0 Å². The molecule has 0 spiro atoms. The van der Waals surface area contributed by atoms with Crippen molar-refractivity contribution >= 4 is 11.8 Å². The van der Waals surface area contributed by atoms with Gasteiger partial charge in [-0.05, 0) is 18.8 Å². The van der Waals surface area contributed by atoms with Crippen LogP contribution in [0.25, 0.3) is 0 Å². The summed E-state index contributed by atoms with van der Waals surface area (Å²) in [5.74, 6) is -0.350. The van der Waals surface area contributed by atoms with Crippen molar-refractivity contribution in [3.05, 3.63) is 0 Å². The normalized spacial score (nSPS) is 20.1. The lowest BCUT2D eigenvalue weighted by Gasteiger charge is -2.28. The van der Waals surface area contributed by atoms with Crippen molar-refractivity contribution in [2.45, 2.75) is 45.1 Å². The first-order chi connectivity index (χ1) is 6.61. The molecule has 3 N–H and O–H groups in total. The molecule has 4 heteroatoms. The number of nitrogens with two attached hydrogens (primary N) is 1. The summed E-state index contributed by atoms with van der Waals surface area (Å²) in [7, 11) is 0. The number of carbonyl (C=O) groups excluding carboxylic acids is 2. The fraction of sp³-hybridized carbons (Fsp3) is 0.800. The SMILES string of the molecule is CC(=O)N[C@H](C(N)=O)C1CCCCC1. The summed E-state index contributed by atoms with van der Waals surface area (Å²) in [6.45, 7) is 1.42. The van der Waals surface area contributed by atoms with E-state index in [-0.39, 0.29) is 11.8 Å². The Bertz CT molecular complexity index is 222. The van der Waals surface area contributed by atoms with E-state index in [2.05, 4.69) is 5.32 Å². The second kappa shape index (κ2) is 4.98. The monoisotopic (exact) mass is 198 g/mol. The molecule has 0 saturated heterocycles. The van der Waals surface area contributed by atoms with Crippen LogP contribution in [-0.4, -0.2) is 17.9 Å². The van der Waals surface area contributed by atoms with Gasteiger partial charge >= 0.3 is 0 Å². The maximum absolute atomic E-state index is 11.1. The lowest BCUT2D eigenvalue weighted by Crippen LogP contribution is -2.48. The molecule has 0 heterocycles. The van der Waals surface area contributed by atoms with Gasteiger partial charge in [-0.3, -0.25) is 9.59 Å². The van der Waals surface area contributed by atoms with E-state index in [4.69, 9.17) is 5.73 Å². The van der Waals surface area contributed by atoms with Crippen molar-refractivity contribution in [2.24, 2.45) is 11.7 Å². The summed E-state index contributed by atoms with van der Waals surface area (Å²) in [4.78, 5) is 22.0. The second-order valence-electron chi connectivity index (χ2n) is 3.98. The van der Waals surface area contributed by atoms with Crippen LogP contribution in [0.4, 0.5) is 0 Å². The van der Waals surface area contributed by atoms with Crippen molar-refractivity contribution < 1.29 is 9.59 Å². The average molecular weight is 198 g/mol. The predicted molar refractivity (Wildman–Crippen MR) is 53.4 cm³/mol. The van der Waals surface area contributed by atoms with E-state index in [1.807, 2.05) is 0 Å². The van der Waals surface area contributed by atoms with Gasteiger partial charge in [0.2, 0.25) is 11.8 Å². The van der Waals surface area contributed by atoms with Gasteiger partial charge in [0.05, 0.1) is 0 Å². The van der Waals surface area contributed by atoms with Gasteiger partial charge < -0.3 is 11.1 Å². The minimum Gasteiger partial charge on any atom is -0.368 e. The van der Waals surface area contributed by atoms with Crippen LogP contribution in [0, 0.1) is 5.92 Å². The molecule has 0 bridgehead atoms. The molecular weight excluding hydrogens is 180 g/mol. The lowest BCUT2D eigenvalue weighted by molar-refractivity contribution is -0.127. The molecule has 2 amide bonds. The molecule has 0 radical (unpaired) electrons. The number of carbonyl (C=O) groups is 2. The Morgan fingerprint density at radius 1 is 1.29 bits per heavy atom. The highest BCUT2D eigenvalue weighted by Crippen LogP contribution is 2.26. The molecule has 0 aromatic rings. The van der Waals surface area contributed by atoms with Gasteiger partial charge in [0.25, 0.3) is 0 Å². The van der Waals surface area contributed by atoms with Crippen LogP contribution < -0.4 is 11.1 Å². The van der Waals surface area contributed by atoms with Crippen LogP contribution in [0.2, 0.25) is 0 Å². The van der Waals surface area contributed by atoms with E-state index in [1.165, 1.54) is 13.3 Å². The predicted octanol–water partition coefficient (Wildman–Crippen LogP) is 0.557. The number of amides is 2. The molecule has 1 aliphatic rings. The van der Waals surface area contributed by atoms with Crippen LogP contribution in [0.15, 0.2) is 0 Å². The zero-order chi connectivity index (χ0) is 10.6. The molecule has 0 aromatic heterocycles. The third kappa shape index (κ3) is 3.01. The summed E-state index contributed by atoms with van der Waals surface area (Å²) in [5.41, 5.74) is 5.26. The zero-order valence-corrected chi connectivity index (χ0v) is 8.58. The maximum atomic E-state index is 11.1. The molecule has 0 unspecified atom stereocenters. The Morgan fingerprint density at radius 3 is 2.29 bits per heavy atom. The second-order valence-corrected chi connectivity index (χ2v) is 3.98. The first-order valence-corrected chi connectivity index (χ1v) is 5.17. The van der Waals surface area contributed by atoms with Gasteiger partial charge in [-0.15, -0.1) is 0 Å². The number of hydrogen-bond acceptors (Lipinski definition) is 2. The van der Waals surface area contributed by atoms with E-state index in [0.717, 1.165) is 25.7 Å². The highest BCUT2D eigenvalue weighted by atomic mass is 16.2. The van der Waals surface area contributed by atoms with E-state index in [1.54, 1.807) is 0 Å². The van der Waals surface area contributed by atoms with Crippen LogP contribution in [0.3, 0.4) is 0 Å². The van der Waals surface area contributed by atoms with E-state index >= 15 is 0 Å². The summed E-state index contributed by atoms with van der Waals surface area (Å²) in [6, 6.07) is -0.465. The average Bonchev–Trinajstić information content (AvgIpc) is 2.15. The quantitative estimate of drug-likeness (QED) is 0.695. The van der Waals surface area contributed by atoms with E-state index in [9.17, 15) is 9.59 Å². The topological polar surface area (TPSA) is 72.2 Å². The molecule has 0 aliphatic heterocycles. The molecular formula is C10H18N2O2. The van der Waals surface area contributed by atoms with Crippen LogP contribution in [0.1, 0.15) is 39.0 Å². The Balaban J connectivity index is 2.56. The van der Waals surface area contributed by atoms with Gasteiger partial charge in [-0.25, -0.2) is 0 Å². The van der Waals surface area contributed by atoms with Crippen LogP contribution in [-0.2, 0) is 9.59 Å². The number of rotatable bonds is 3. The van der Waals surface area contributed by atoms with Crippen molar-refractivity contribution in [1.82, 2.24) is 5.32 Å². The Kier molecular flexibility index (Phi) is 3.92. The lowest BCUT2D eigenvalue weighted by atomic mass is 9.83. The third-order valence-corrected chi connectivity index (χ3v) is 2.79. The fourth-order valence-electron chi connectivity index (χ4n) is 2.11. The summed E-state index contributed by atoms with van der Waals surface area (Å²) in [6.07, 6.45) is 5.48. The highest BCUT2D eigenvalue weighted by Gasteiger charge is 2.28. The Labute approximate surface area is 84.2 Å². The minimum absolute atomic E-state index is 0.181. The number of nitrogens with one attached hydrogen (secondary N) is 1. The molecule has 1 atom stereocenters. The molecule has 1 rings (SSSR count). The molecule has 4 nitrogen and oxygen atoms in total. The van der Waals surface area contributed by atoms with Crippen molar-refractivity contribution in [1.29, 1.82) is 0 Å². The van der Waals surface area contributed by atoms with Crippen molar-refractivity contribution in [3.63, 3.8) is 0 Å². The molecule has 1 saturated carbocycles. The van der Waals surface area contributed by atoms with Crippen molar-refractivity contribution in [2.75, 3.05) is 0 Å². The molecule has 14 heavy (non-hydrogen) atoms. The standard InChI is InChI=1S/C10H18N2O2/c1-7(13)12-9(10(11)14)8-5-3-2-4-6-8/h8-9H,2-6H2,1H3,(H2,11,14)(H,12,13)/t9-/m0/s1. The molecule has 1 fully saturated rings. The largest absolute Gasteiger partial charge is 0.368 e.